The lowest BCUT2D eigenvalue weighted by atomic mass is 10.1. The number of esters is 1. The number of rotatable bonds is 8. The number of furan rings is 1. The number of hydrogen-bond donors (Lipinski definition) is 1. The fourth-order valence-electron chi connectivity index (χ4n) is 2.58. The van der Waals surface area contributed by atoms with Crippen LogP contribution in [0.3, 0.4) is 0 Å². The number of hydrogen-bond acceptors (Lipinski definition) is 5. The average Bonchev–Trinajstić information content (AvgIpc) is 3.36. The monoisotopic (exact) mass is 401 g/mol. The summed E-state index contributed by atoms with van der Waals surface area (Å²) in [6.07, 6.45) is -0.512. The zero-order chi connectivity index (χ0) is 19.9. The lowest BCUT2D eigenvalue weighted by molar-refractivity contribution is -0.154. The van der Waals surface area contributed by atoms with Gasteiger partial charge >= 0.3 is 5.97 Å². The first-order valence-corrected chi connectivity index (χ1v) is 9.74. The largest absolute Gasteiger partial charge is 0.461 e. The van der Waals surface area contributed by atoms with Gasteiger partial charge in [-0.3, -0.25) is 9.59 Å². The molecule has 146 valence electrons. The van der Waals surface area contributed by atoms with E-state index in [1.807, 2.05) is 17.5 Å². The molecule has 1 N–H and O–H groups in total. The third-order valence-electron chi connectivity index (χ3n) is 4.07. The molecule has 0 spiro atoms. The molecule has 1 amide bonds. The summed E-state index contributed by atoms with van der Waals surface area (Å²) in [5.41, 5.74) is 0.368. The lowest BCUT2D eigenvalue weighted by Gasteiger charge is -2.13. The van der Waals surface area contributed by atoms with Crippen LogP contribution in [0.4, 0.5) is 4.39 Å². The fraction of sp³-hybridized carbons (Fsp3) is 0.238. The second-order valence-electron chi connectivity index (χ2n) is 6.18. The molecule has 0 aliphatic heterocycles. The van der Waals surface area contributed by atoms with Crippen LogP contribution in [-0.2, 0) is 27.3 Å². The van der Waals surface area contributed by atoms with E-state index in [9.17, 15) is 14.0 Å². The number of nitrogens with one attached hydrogen (secondary N) is 1. The van der Waals surface area contributed by atoms with Crippen LogP contribution in [0.15, 0.2) is 58.3 Å². The van der Waals surface area contributed by atoms with E-state index in [4.69, 9.17) is 9.15 Å². The Kier molecular flexibility index (Phi) is 6.60. The van der Waals surface area contributed by atoms with E-state index in [-0.39, 0.29) is 18.1 Å². The van der Waals surface area contributed by atoms with Gasteiger partial charge in [-0.15, -0.1) is 11.3 Å². The molecule has 0 unspecified atom stereocenters. The van der Waals surface area contributed by atoms with Crippen LogP contribution in [0.25, 0.3) is 11.3 Å². The molecule has 3 aromatic rings. The average molecular weight is 401 g/mol. The van der Waals surface area contributed by atoms with Crippen molar-refractivity contribution < 1.29 is 23.1 Å². The van der Waals surface area contributed by atoms with Crippen LogP contribution in [0.5, 0.6) is 0 Å². The van der Waals surface area contributed by atoms with Gasteiger partial charge < -0.3 is 14.5 Å². The third-order valence-corrected chi connectivity index (χ3v) is 4.95. The molecule has 5 nitrogen and oxygen atoms in total. The van der Waals surface area contributed by atoms with E-state index in [1.54, 1.807) is 41.7 Å². The van der Waals surface area contributed by atoms with Crippen molar-refractivity contribution in [1.29, 1.82) is 0 Å². The molecule has 7 heteroatoms. The van der Waals surface area contributed by atoms with Crippen molar-refractivity contribution in [1.82, 2.24) is 5.32 Å². The molecule has 3 rings (SSSR count). The van der Waals surface area contributed by atoms with Gasteiger partial charge in [-0.2, -0.15) is 0 Å². The fourth-order valence-corrected chi connectivity index (χ4v) is 3.23. The number of carbonyl (C=O) groups excluding carboxylic acids is 2. The standard InChI is InChI=1S/C21H20FNO4S/c1-14(21(25)23-13-16-5-4-12-28-16)26-20(24)11-9-15-8-10-19(27-15)17-6-2-3-7-18(17)22/h2-8,10,12,14H,9,11,13H2,1H3,(H,23,25)/t14-/m0/s1. The summed E-state index contributed by atoms with van der Waals surface area (Å²) in [5, 5.41) is 4.66. The summed E-state index contributed by atoms with van der Waals surface area (Å²) in [7, 11) is 0. The summed E-state index contributed by atoms with van der Waals surface area (Å²) in [6, 6.07) is 13.5. The molecule has 2 heterocycles. The summed E-state index contributed by atoms with van der Waals surface area (Å²) in [6.45, 7) is 1.94. The molecule has 28 heavy (non-hydrogen) atoms. The molecule has 2 aromatic heterocycles. The molecule has 0 aliphatic rings. The molecule has 0 saturated carbocycles. The summed E-state index contributed by atoms with van der Waals surface area (Å²) < 4.78 is 24.6. The lowest BCUT2D eigenvalue weighted by Crippen LogP contribution is -2.35. The number of thiophene rings is 1. The Morgan fingerprint density at radius 2 is 2.00 bits per heavy atom. The molecule has 0 bridgehead atoms. The van der Waals surface area contributed by atoms with Gasteiger partial charge in [0.05, 0.1) is 18.5 Å². The highest BCUT2D eigenvalue weighted by Gasteiger charge is 2.18. The first kappa shape index (κ1) is 19.8. The number of halogens is 1. The van der Waals surface area contributed by atoms with E-state index in [1.165, 1.54) is 13.0 Å². The van der Waals surface area contributed by atoms with Crippen molar-refractivity contribution in [3.05, 3.63) is 70.4 Å². The quantitative estimate of drug-likeness (QED) is 0.571. The second-order valence-corrected chi connectivity index (χ2v) is 7.21. The van der Waals surface area contributed by atoms with Gasteiger partial charge in [0.25, 0.3) is 5.91 Å². The van der Waals surface area contributed by atoms with E-state index in [0.717, 1.165) is 4.88 Å². The Hall–Kier alpha value is -2.93. The van der Waals surface area contributed by atoms with Crippen LogP contribution in [0.2, 0.25) is 0 Å². The Bertz CT molecular complexity index is 936. The molecule has 0 fully saturated rings. The van der Waals surface area contributed by atoms with Crippen LogP contribution < -0.4 is 5.32 Å². The number of amides is 1. The SMILES string of the molecule is C[C@H](OC(=O)CCc1ccc(-c2ccccc2F)o1)C(=O)NCc1cccs1. The zero-order valence-corrected chi connectivity index (χ0v) is 16.1. The van der Waals surface area contributed by atoms with E-state index in [2.05, 4.69) is 5.32 Å². The van der Waals surface area contributed by atoms with E-state index >= 15 is 0 Å². The van der Waals surface area contributed by atoms with Gasteiger partial charge in [-0.25, -0.2) is 4.39 Å². The summed E-state index contributed by atoms with van der Waals surface area (Å²) >= 11 is 1.54. The second kappa shape index (κ2) is 9.32. The van der Waals surface area contributed by atoms with Crippen LogP contribution in [0, 0.1) is 5.82 Å². The smallest absolute Gasteiger partial charge is 0.307 e. The minimum atomic E-state index is -0.877. The van der Waals surface area contributed by atoms with Crippen LogP contribution in [0.1, 0.15) is 24.0 Å². The van der Waals surface area contributed by atoms with Crippen molar-refractivity contribution in [3.8, 4) is 11.3 Å². The summed E-state index contributed by atoms with van der Waals surface area (Å²) in [4.78, 5) is 25.0. The maximum atomic E-state index is 13.8. The normalized spacial score (nSPS) is 11.8. The predicted molar refractivity (Wildman–Crippen MR) is 104 cm³/mol. The van der Waals surface area contributed by atoms with Crippen molar-refractivity contribution in [2.45, 2.75) is 32.4 Å². The van der Waals surface area contributed by atoms with Crippen LogP contribution in [-0.4, -0.2) is 18.0 Å². The van der Waals surface area contributed by atoms with Crippen molar-refractivity contribution in [2.75, 3.05) is 0 Å². The maximum Gasteiger partial charge on any atom is 0.307 e. The molecular weight excluding hydrogens is 381 g/mol. The van der Waals surface area contributed by atoms with Crippen molar-refractivity contribution in [2.24, 2.45) is 0 Å². The van der Waals surface area contributed by atoms with Gasteiger partial charge in [0.1, 0.15) is 17.3 Å². The van der Waals surface area contributed by atoms with E-state index in [0.29, 0.717) is 30.0 Å². The van der Waals surface area contributed by atoms with Gasteiger partial charge in [0.2, 0.25) is 0 Å². The Morgan fingerprint density at radius 1 is 1.18 bits per heavy atom. The third kappa shape index (κ3) is 5.29. The maximum absolute atomic E-state index is 13.8. The Labute approximate surface area is 166 Å². The van der Waals surface area contributed by atoms with Gasteiger partial charge in [-0.1, -0.05) is 18.2 Å². The number of aryl methyl sites for hydroxylation is 1. The van der Waals surface area contributed by atoms with Gasteiger partial charge in [0, 0.05) is 11.3 Å². The van der Waals surface area contributed by atoms with Gasteiger partial charge in [-0.05, 0) is 42.6 Å². The van der Waals surface area contributed by atoms with Crippen molar-refractivity contribution >= 4 is 23.2 Å². The predicted octanol–water partition coefficient (Wildman–Crippen LogP) is 4.33. The molecular formula is C21H20FNO4S. The topological polar surface area (TPSA) is 68.5 Å². The van der Waals surface area contributed by atoms with Crippen molar-refractivity contribution in [3.63, 3.8) is 0 Å². The van der Waals surface area contributed by atoms with E-state index < -0.39 is 12.1 Å². The summed E-state index contributed by atoms with van der Waals surface area (Å²) in [5.74, 6) is -0.262. The molecule has 0 saturated heterocycles. The minimum absolute atomic E-state index is 0.0623. The molecule has 0 aliphatic carbocycles. The first-order valence-electron chi connectivity index (χ1n) is 8.86. The highest BCUT2D eigenvalue weighted by molar-refractivity contribution is 7.09. The zero-order valence-electron chi connectivity index (χ0n) is 15.3. The Balaban J connectivity index is 1.45. The Morgan fingerprint density at radius 3 is 2.75 bits per heavy atom. The molecule has 1 atom stereocenters. The minimum Gasteiger partial charge on any atom is -0.461 e. The highest BCUT2D eigenvalue weighted by atomic mass is 32.1. The number of benzene rings is 1. The number of ether oxygens (including phenoxy) is 1. The molecule has 1 aromatic carbocycles. The molecule has 0 radical (unpaired) electrons. The first-order chi connectivity index (χ1) is 13.5. The van der Waals surface area contributed by atoms with Crippen LogP contribution >= 0.6 is 11.3 Å². The van der Waals surface area contributed by atoms with Gasteiger partial charge in [0.15, 0.2) is 6.10 Å². The number of carbonyl (C=O) groups is 2. The highest BCUT2D eigenvalue weighted by Crippen LogP contribution is 2.25.